The molecule has 2 unspecified atom stereocenters. The SMILES string of the molecule is CC.CC.CC(C)N1CC(C)N(C)C(C)C1. The van der Waals surface area contributed by atoms with E-state index in [1.54, 1.807) is 0 Å². The van der Waals surface area contributed by atoms with Gasteiger partial charge in [0.1, 0.15) is 0 Å². The molecule has 0 aromatic rings. The van der Waals surface area contributed by atoms with Crippen LogP contribution in [0.4, 0.5) is 0 Å². The molecule has 2 atom stereocenters. The highest BCUT2D eigenvalue weighted by atomic mass is 15.3. The molecule has 1 aliphatic rings. The maximum absolute atomic E-state index is 2.56. The zero-order valence-electron chi connectivity index (χ0n) is 13.0. The molecule has 0 amide bonds. The van der Waals surface area contributed by atoms with Crippen molar-refractivity contribution in [2.24, 2.45) is 0 Å². The second kappa shape index (κ2) is 10.1. The van der Waals surface area contributed by atoms with Crippen LogP contribution in [0.15, 0.2) is 0 Å². The molecule has 0 saturated carbocycles. The van der Waals surface area contributed by atoms with Gasteiger partial charge >= 0.3 is 0 Å². The Hall–Kier alpha value is -0.0800. The van der Waals surface area contributed by atoms with E-state index in [2.05, 4.69) is 44.5 Å². The lowest BCUT2D eigenvalue weighted by Crippen LogP contribution is -2.56. The quantitative estimate of drug-likeness (QED) is 0.680. The summed E-state index contributed by atoms with van der Waals surface area (Å²) < 4.78 is 0. The number of likely N-dealkylation sites (N-methyl/N-ethyl adjacent to an activating group) is 1. The van der Waals surface area contributed by atoms with Crippen LogP contribution in [0, 0.1) is 0 Å². The predicted molar refractivity (Wildman–Crippen MR) is 76.1 cm³/mol. The van der Waals surface area contributed by atoms with Crippen molar-refractivity contribution < 1.29 is 0 Å². The fourth-order valence-corrected chi connectivity index (χ4v) is 1.87. The lowest BCUT2D eigenvalue weighted by atomic mass is 10.1. The van der Waals surface area contributed by atoms with Crippen molar-refractivity contribution in [1.29, 1.82) is 0 Å². The van der Waals surface area contributed by atoms with Crippen molar-refractivity contribution in [1.82, 2.24) is 9.80 Å². The molecule has 2 nitrogen and oxygen atoms in total. The van der Waals surface area contributed by atoms with Crippen molar-refractivity contribution in [3.63, 3.8) is 0 Å². The molecule has 0 aliphatic carbocycles. The summed E-state index contributed by atoms with van der Waals surface area (Å²) in [6.07, 6.45) is 0. The van der Waals surface area contributed by atoms with Crippen molar-refractivity contribution in [3.05, 3.63) is 0 Å². The minimum atomic E-state index is 0.698. The van der Waals surface area contributed by atoms with Gasteiger partial charge in [-0.05, 0) is 34.7 Å². The van der Waals surface area contributed by atoms with Crippen molar-refractivity contribution in [2.75, 3.05) is 20.1 Å². The van der Waals surface area contributed by atoms with E-state index >= 15 is 0 Å². The maximum Gasteiger partial charge on any atom is 0.0195 e. The third kappa shape index (κ3) is 5.86. The summed E-state index contributed by atoms with van der Waals surface area (Å²) in [6.45, 7) is 19.6. The van der Waals surface area contributed by atoms with Crippen LogP contribution in [0.5, 0.6) is 0 Å². The van der Waals surface area contributed by atoms with E-state index in [0.29, 0.717) is 18.1 Å². The van der Waals surface area contributed by atoms with E-state index < -0.39 is 0 Å². The summed E-state index contributed by atoms with van der Waals surface area (Å²) in [4.78, 5) is 5.04. The molecule has 0 radical (unpaired) electrons. The van der Waals surface area contributed by atoms with Crippen molar-refractivity contribution in [2.45, 2.75) is 73.5 Å². The molecule has 0 spiro atoms. The lowest BCUT2D eigenvalue weighted by molar-refractivity contribution is 0.0425. The van der Waals surface area contributed by atoms with Crippen LogP contribution >= 0.6 is 0 Å². The highest BCUT2D eigenvalue weighted by molar-refractivity contribution is 4.83. The Labute approximate surface area is 104 Å². The zero-order valence-corrected chi connectivity index (χ0v) is 13.0. The fraction of sp³-hybridized carbons (Fsp3) is 1.00. The minimum Gasteiger partial charge on any atom is -0.298 e. The molecule has 1 heterocycles. The van der Waals surface area contributed by atoms with Gasteiger partial charge in [0, 0.05) is 31.2 Å². The maximum atomic E-state index is 2.56. The molecule has 0 bridgehead atoms. The van der Waals surface area contributed by atoms with E-state index in [-0.39, 0.29) is 0 Å². The number of hydrogen-bond donors (Lipinski definition) is 0. The number of hydrogen-bond acceptors (Lipinski definition) is 2. The molecule has 1 rings (SSSR count). The summed E-state index contributed by atoms with van der Waals surface area (Å²) in [5.74, 6) is 0. The summed E-state index contributed by atoms with van der Waals surface area (Å²) in [5.41, 5.74) is 0. The van der Waals surface area contributed by atoms with Gasteiger partial charge in [-0.15, -0.1) is 0 Å². The van der Waals surface area contributed by atoms with Crippen LogP contribution < -0.4 is 0 Å². The third-order valence-corrected chi connectivity index (χ3v) is 3.12. The van der Waals surface area contributed by atoms with Crippen LogP contribution in [0.1, 0.15) is 55.4 Å². The first-order valence-corrected chi connectivity index (χ1v) is 6.98. The van der Waals surface area contributed by atoms with Gasteiger partial charge in [0.25, 0.3) is 0 Å². The Kier molecular flexibility index (Phi) is 11.5. The summed E-state index contributed by atoms with van der Waals surface area (Å²) >= 11 is 0. The first-order valence-electron chi connectivity index (χ1n) is 6.98. The number of nitrogens with zero attached hydrogens (tertiary/aromatic N) is 2. The zero-order chi connectivity index (χ0) is 13.3. The van der Waals surface area contributed by atoms with Gasteiger partial charge in [0.2, 0.25) is 0 Å². The number of piperazine rings is 1. The van der Waals surface area contributed by atoms with Crippen LogP contribution in [0.3, 0.4) is 0 Å². The second-order valence-corrected chi connectivity index (χ2v) is 4.41. The molecule has 1 fully saturated rings. The van der Waals surface area contributed by atoms with Gasteiger partial charge in [-0.1, -0.05) is 27.7 Å². The van der Waals surface area contributed by atoms with Crippen molar-refractivity contribution >= 4 is 0 Å². The summed E-state index contributed by atoms with van der Waals surface area (Å²) in [6, 6.07) is 2.11. The molecule has 100 valence electrons. The van der Waals surface area contributed by atoms with Crippen LogP contribution in [-0.4, -0.2) is 48.1 Å². The summed E-state index contributed by atoms with van der Waals surface area (Å²) in [5, 5.41) is 0. The van der Waals surface area contributed by atoms with Crippen LogP contribution in [0.2, 0.25) is 0 Å². The smallest absolute Gasteiger partial charge is 0.0195 e. The molecular formula is C14H34N2. The van der Waals surface area contributed by atoms with Gasteiger partial charge in [-0.2, -0.15) is 0 Å². The Bertz CT molecular complexity index is 134. The third-order valence-electron chi connectivity index (χ3n) is 3.12. The molecule has 0 N–H and O–H groups in total. The molecule has 2 heteroatoms. The van der Waals surface area contributed by atoms with E-state index in [0.717, 1.165) is 0 Å². The molecule has 0 aromatic carbocycles. The van der Waals surface area contributed by atoms with E-state index in [1.807, 2.05) is 27.7 Å². The molecular weight excluding hydrogens is 196 g/mol. The lowest BCUT2D eigenvalue weighted by Gasteiger charge is -2.44. The van der Waals surface area contributed by atoms with E-state index in [1.165, 1.54) is 13.1 Å². The molecule has 1 aliphatic heterocycles. The standard InChI is InChI=1S/C10H22N2.2C2H6/c1-8(2)12-6-9(3)11(5)10(4)7-12;2*1-2/h8-10H,6-7H2,1-5H3;2*1-2H3. The van der Waals surface area contributed by atoms with Gasteiger partial charge in [0.05, 0.1) is 0 Å². The summed E-state index contributed by atoms with van der Waals surface area (Å²) in [7, 11) is 2.23. The second-order valence-electron chi connectivity index (χ2n) is 4.41. The monoisotopic (exact) mass is 230 g/mol. The number of rotatable bonds is 1. The normalized spacial score (nSPS) is 26.6. The van der Waals surface area contributed by atoms with E-state index in [4.69, 9.17) is 0 Å². The average molecular weight is 230 g/mol. The van der Waals surface area contributed by atoms with Crippen molar-refractivity contribution in [3.8, 4) is 0 Å². The van der Waals surface area contributed by atoms with Gasteiger partial charge < -0.3 is 0 Å². The largest absolute Gasteiger partial charge is 0.298 e. The highest BCUT2D eigenvalue weighted by Crippen LogP contribution is 2.14. The Morgan fingerprint density at radius 2 is 1.19 bits per heavy atom. The molecule has 0 aromatic heterocycles. The van der Waals surface area contributed by atoms with Crippen LogP contribution in [-0.2, 0) is 0 Å². The molecule has 1 saturated heterocycles. The minimum absolute atomic E-state index is 0.698. The molecule has 16 heavy (non-hydrogen) atoms. The first-order chi connectivity index (χ1) is 7.52. The van der Waals surface area contributed by atoms with Crippen LogP contribution in [0.25, 0.3) is 0 Å². The van der Waals surface area contributed by atoms with E-state index in [9.17, 15) is 0 Å². The Balaban J connectivity index is 0. The van der Waals surface area contributed by atoms with Gasteiger partial charge in [0.15, 0.2) is 0 Å². The van der Waals surface area contributed by atoms with Gasteiger partial charge in [-0.3, -0.25) is 9.80 Å². The Morgan fingerprint density at radius 3 is 1.44 bits per heavy atom. The fourth-order valence-electron chi connectivity index (χ4n) is 1.87. The average Bonchev–Trinajstić information content (AvgIpc) is 2.30. The first kappa shape index (κ1) is 18.3. The topological polar surface area (TPSA) is 6.48 Å². The highest BCUT2D eigenvalue weighted by Gasteiger charge is 2.27. The predicted octanol–water partition coefficient (Wildman–Crippen LogP) is 3.47. The van der Waals surface area contributed by atoms with Gasteiger partial charge in [-0.25, -0.2) is 0 Å². The Morgan fingerprint density at radius 1 is 0.875 bits per heavy atom.